The third kappa shape index (κ3) is 5.02. The van der Waals surface area contributed by atoms with Gasteiger partial charge in [0.1, 0.15) is 5.69 Å². The molecule has 3 aromatic carbocycles. The average molecular weight is 489 g/mol. The minimum absolute atomic E-state index is 0.00473. The molecular formula is C26H24N4O6. The molecule has 36 heavy (non-hydrogen) atoms. The van der Waals surface area contributed by atoms with E-state index in [-0.39, 0.29) is 30.0 Å². The SMILES string of the molecule is Cc1ccc(NC(=O)C(OC(=O)CCn2c(=O)n(C)c3ccccc32)c2ccccc2)c([N+](=O)[O-])c1. The van der Waals surface area contributed by atoms with Gasteiger partial charge in [0.2, 0.25) is 6.10 Å². The van der Waals surface area contributed by atoms with Gasteiger partial charge in [0.15, 0.2) is 0 Å². The van der Waals surface area contributed by atoms with E-state index in [1.807, 2.05) is 12.1 Å². The number of nitrogens with zero attached hydrogens (tertiary/aromatic N) is 3. The maximum absolute atomic E-state index is 13.1. The normalized spacial score (nSPS) is 11.7. The molecule has 1 unspecified atom stereocenters. The highest BCUT2D eigenvalue weighted by Gasteiger charge is 2.27. The number of nitro benzene ring substituents is 1. The second-order valence-corrected chi connectivity index (χ2v) is 8.28. The van der Waals surface area contributed by atoms with Crippen LogP contribution in [0.15, 0.2) is 77.6 Å². The van der Waals surface area contributed by atoms with E-state index in [2.05, 4.69) is 5.32 Å². The Balaban J connectivity index is 1.54. The third-order valence-corrected chi connectivity index (χ3v) is 5.79. The van der Waals surface area contributed by atoms with Crippen molar-refractivity contribution >= 4 is 34.3 Å². The summed E-state index contributed by atoms with van der Waals surface area (Å²) in [5.41, 5.74) is 1.94. The molecule has 0 saturated heterocycles. The van der Waals surface area contributed by atoms with E-state index in [4.69, 9.17) is 4.74 Å². The molecule has 0 aliphatic rings. The van der Waals surface area contributed by atoms with Gasteiger partial charge in [-0.05, 0) is 30.7 Å². The first-order valence-electron chi connectivity index (χ1n) is 11.2. The standard InChI is InChI=1S/C26H24N4O6/c1-17-12-13-19(22(16-17)30(34)35)27-25(32)24(18-8-4-3-5-9-18)36-23(31)14-15-29-21-11-7-6-10-20(21)28(2)26(29)33/h3-13,16,24H,14-15H2,1-2H3,(H,27,32). The van der Waals surface area contributed by atoms with Crippen molar-refractivity contribution in [1.29, 1.82) is 0 Å². The highest BCUT2D eigenvalue weighted by atomic mass is 16.6. The summed E-state index contributed by atoms with van der Waals surface area (Å²) in [5, 5.41) is 14.0. The lowest BCUT2D eigenvalue weighted by Crippen LogP contribution is -2.27. The van der Waals surface area contributed by atoms with Crippen molar-refractivity contribution in [3.63, 3.8) is 0 Å². The van der Waals surface area contributed by atoms with Crippen molar-refractivity contribution in [2.45, 2.75) is 26.0 Å². The second kappa shape index (κ2) is 10.3. The van der Waals surface area contributed by atoms with Gasteiger partial charge in [0, 0.05) is 25.2 Å². The highest BCUT2D eigenvalue weighted by Crippen LogP contribution is 2.28. The number of rotatable bonds is 8. The number of imidazole rings is 1. The number of para-hydroxylation sites is 2. The summed E-state index contributed by atoms with van der Waals surface area (Å²) in [6.45, 7) is 1.76. The van der Waals surface area contributed by atoms with Crippen molar-refractivity contribution < 1.29 is 19.2 Å². The molecule has 1 heterocycles. The Morgan fingerprint density at radius 3 is 2.39 bits per heavy atom. The molecule has 0 aliphatic heterocycles. The van der Waals surface area contributed by atoms with Crippen LogP contribution < -0.4 is 11.0 Å². The number of aryl methyl sites for hydroxylation is 3. The molecule has 0 saturated carbocycles. The van der Waals surface area contributed by atoms with E-state index < -0.39 is 22.9 Å². The number of hydrogen-bond donors (Lipinski definition) is 1. The van der Waals surface area contributed by atoms with Crippen LogP contribution in [0.4, 0.5) is 11.4 Å². The van der Waals surface area contributed by atoms with E-state index >= 15 is 0 Å². The predicted molar refractivity (Wildman–Crippen MR) is 134 cm³/mol. The number of amides is 1. The Kier molecular flexibility index (Phi) is 6.95. The minimum Gasteiger partial charge on any atom is -0.447 e. The molecule has 0 radical (unpaired) electrons. The number of aromatic nitrogens is 2. The van der Waals surface area contributed by atoms with Crippen LogP contribution in [-0.2, 0) is 27.9 Å². The van der Waals surface area contributed by atoms with Crippen molar-refractivity contribution in [3.05, 3.63) is 105 Å². The first-order chi connectivity index (χ1) is 17.3. The van der Waals surface area contributed by atoms with Crippen LogP contribution in [0.3, 0.4) is 0 Å². The smallest absolute Gasteiger partial charge is 0.328 e. The van der Waals surface area contributed by atoms with E-state index in [0.29, 0.717) is 16.6 Å². The molecule has 1 aromatic heterocycles. The fourth-order valence-electron chi connectivity index (χ4n) is 3.97. The Bertz CT molecular complexity index is 1510. The monoisotopic (exact) mass is 488 g/mol. The number of benzene rings is 3. The maximum atomic E-state index is 13.1. The first kappa shape index (κ1) is 24.4. The van der Waals surface area contributed by atoms with Gasteiger partial charge in [-0.1, -0.05) is 48.5 Å². The van der Waals surface area contributed by atoms with Gasteiger partial charge in [-0.15, -0.1) is 0 Å². The van der Waals surface area contributed by atoms with Crippen LogP contribution >= 0.6 is 0 Å². The Hall–Kier alpha value is -4.73. The second-order valence-electron chi connectivity index (χ2n) is 8.28. The number of hydrogen-bond acceptors (Lipinski definition) is 6. The van der Waals surface area contributed by atoms with Crippen LogP contribution in [0.2, 0.25) is 0 Å². The van der Waals surface area contributed by atoms with E-state index in [1.165, 1.54) is 21.3 Å². The first-order valence-corrected chi connectivity index (χ1v) is 11.2. The average Bonchev–Trinajstić information content (AvgIpc) is 3.12. The molecule has 0 bridgehead atoms. The summed E-state index contributed by atoms with van der Waals surface area (Å²) in [7, 11) is 1.65. The van der Waals surface area contributed by atoms with Crippen molar-refractivity contribution in [1.82, 2.24) is 9.13 Å². The summed E-state index contributed by atoms with van der Waals surface area (Å²) in [5.74, 6) is -1.43. The quantitative estimate of drug-likeness (QED) is 0.228. The largest absolute Gasteiger partial charge is 0.447 e. The van der Waals surface area contributed by atoms with Gasteiger partial charge in [-0.2, -0.15) is 0 Å². The lowest BCUT2D eigenvalue weighted by atomic mass is 10.1. The Morgan fingerprint density at radius 1 is 1.03 bits per heavy atom. The lowest BCUT2D eigenvalue weighted by Gasteiger charge is -2.18. The van der Waals surface area contributed by atoms with Gasteiger partial charge in [0.05, 0.1) is 22.4 Å². The maximum Gasteiger partial charge on any atom is 0.328 e. The molecular weight excluding hydrogens is 464 g/mol. The van der Waals surface area contributed by atoms with Crippen LogP contribution in [0.25, 0.3) is 11.0 Å². The fourth-order valence-corrected chi connectivity index (χ4v) is 3.97. The summed E-state index contributed by atoms with van der Waals surface area (Å²) in [4.78, 5) is 49.4. The molecule has 0 aliphatic carbocycles. The van der Waals surface area contributed by atoms with Crippen molar-refractivity contribution in [3.8, 4) is 0 Å². The Morgan fingerprint density at radius 2 is 1.69 bits per heavy atom. The highest BCUT2D eigenvalue weighted by molar-refractivity contribution is 5.97. The summed E-state index contributed by atoms with van der Waals surface area (Å²) >= 11 is 0. The molecule has 1 N–H and O–H groups in total. The zero-order valence-electron chi connectivity index (χ0n) is 19.7. The summed E-state index contributed by atoms with van der Waals surface area (Å²) < 4.78 is 8.50. The van der Waals surface area contributed by atoms with Gasteiger partial charge >= 0.3 is 11.7 Å². The minimum atomic E-state index is -1.34. The molecule has 4 aromatic rings. The van der Waals surface area contributed by atoms with Crippen molar-refractivity contribution in [2.24, 2.45) is 7.05 Å². The summed E-state index contributed by atoms with van der Waals surface area (Å²) in [6.07, 6.45) is -1.50. The zero-order valence-corrected chi connectivity index (χ0v) is 19.7. The third-order valence-electron chi connectivity index (χ3n) is 5.79. The summed E-state index contributed by atoms with van der Waals surface area (Å²) in [6, 6.07) is 20.0. The van der Waals surface area contributed by atoms with Gasteiger partial charge < -0.3 is 10.1 Å². The number of carbonyl (C=O) groups excluding carboxylic acids is 2. The van der Waals surface area contributed by atoms with Crippen LogP contribution in [-0.4, -0.2) is 25.9 Å². The lowest BCUT2D eigenvalue weighted by molar-refractivity contribution is -0.384. The van der Waals surface area contributed by atoms with E-state index in [9.17, 15) is 24.5 Å². The number of anilines is 1. The van der Waals surface area contributed by atoms with E-state index in [1.54, 1.807) is 62.5 Å². The predicted octanol–water partition coefficient (Wildman–Crippen LogP) is 3.87. The topological polar surface area (TPSA) is 125 Å². The van der Waals surface area contributed by atoms with Gasteiger partial charge in [-0.25, -0.2) is 4.79 Å². The van der Waals surface area contributed by atoms with Crippen LogP contribution in [0, 0.1) is 17.0 Å². The fraction of sp³-hybridized carbons (Fsp3) is 0.192. The molecule has 4 rings (SSSR count). The van der Waals surface area contributed by atoms with Crippen molar-refractivity contribution in [2.75, 3.05) is 5.32 Å². The molecule has 10 heteroatoms. The molecule has 0 spiro atoms. The number of ether oxygens (including phenoxy) is 1. The number of nitro groups is 1. The number of carbonyl (C=O) groups is 2. The number of esters is 1. The molecule has 184 valence electrons. The number of nitrogens with one attached hydrogen (secondary N) is 1. The van der Waals surface area contributed by atoms with Crippen LogP contribution in [0.5, 0.6) is 0 Å². The molecule has 1 atom stereocenters. The van der Waals surface area contributed by atoms with E-state index in [0.717, 1.165) is 5.52 Å². The van der Waals surface area contributed by atoms with Gasteiger partial charge in [0.25, 0.3) is 11.6 Å². The van der Waals surface area contributed by atoms with Crippen LogP contribution in [0.1, 0.15) is 23.7 Å². The Labute approximate surface area is 205 Å². The molecule has 10 nitrogen and oxygen atoms in total. The zero-order chi connectivity index (χ0) is 25.8. The van der Waals surface area contributed by atoms with Gasteiger partial charge in [-0.3, -0.25) is 28.8 Å². The molecule has 0 fully saturated rings. The molecule has 1 amide bonds. The number of fused-ring (bicyclic) bond motifs is 1.